The molecule has 0 aromatic heterocycles. The fourth-order valence-corrected chi connectivity index (χ4v) is 3.21. The first-order valence-corrected chi connectivity index (χ1v) is 9.83. The first-order valence-electron chi connectivity index (χ1n) is 9.83. The van der Waals surface area contributed by atoms with Gasteiger partial charge in [-0.3, -0.25) is 0 Å². The van der Waals surface area contributed by atoms with Gasteiger partial charge in [0.05, 0.1) is 17.1 Å². The molecule has 4 aromatic carbocycles. The van der Waals surface area contributed by atoms with E-state index in [1.807, 2.05) is 17.1 Å². The second-order valence-electron chi connectivity index (χ2n) is 7.16. The molecule has 0 fully saturated rings. The summed E-state index contributed by atoms with van der Waals surface area (Å²) >= 11 is 0. The van der Waals surface area contributed by atoms with E-state index >= 15 is 0 Å². The average molecular weight is 377 g/mol. The normalized spacial score (nSPS) is 10.4. The number of rotatable bonds is 5. The van der Waals surface area contributed by atoms with E-state index in [4.69, 9.17) is 5.10 Å². The molecule has 0 spiro atoms. The minimum atomic E-state index is 0.937. The zero-order valence-corrected chi connectivity index (χ0v) is 16.8. The maximum absolute atomic E-state index is 5.17. The van der Waals surface area contributed by atoms with Crippen LogP contribution in [-0.2, 0) is 0 Å². The van der Waals surface area contributed by atoms with Crippen LogP contribution in [-0.4, -0.2) is 5.71 Å². The summed E-state index contributed by atoms with van der Waals surface area (Å²) < 4.78 is 0. The highest BCUT2D eigenvalue weighted by Gasteiger charge is 2.13. The summed E-state index contributed by atoms with van der Waals surface area (Å²) in [7, 11) is 0. The second-order valence-corrected chi connectivity index (χ2v) is 7.16. The average Bonchev–Trinajstić information content (AvgIpc) is 2.77. The highest BCUT2D eigenvalue weighted by Crippen LogP contribution is 2.28. The molecule has 4 rings (SSSR count). The van der Waals surface area contributed by atoms with Gasteiger partial charge in [0.15, 0.2) is 0 Å². The van der Waals surface area contributed by atoms with Crippen LogP contribution in [0.15, 0.2) is 114 Å². The molecule has 0 N–H and O–H groups in total. The van der Waals surface area contributed by atoms with Gasteiger partial charge in [0.2, 0.25) is 0 Å². The predicted molar refractivity (Wildman–Crippen MR) is 123 cm³/mol. The quantitative estimate of drug-likeness (QED) is 0.273. The molecule has 0 amide bonds. The Morgan fingerprint density at radius 3 is 1.28 bits per heavy atom. The fraction of sp³-hybridized carbons (Fsp3) is 0.0741. The molecular formula is C27H24N2. The third-order valence-electron chi connectivity index (χ3n) is 4.85. The summed E-state index contributed by atoms with van der Waals surface area (Å²) in [6.45, 7) is 4.20. The van der Waals surface area contributed by atoms with Crippen LogP contribution in [0.1, 0.15) is 22.3 Å². The van der Waals surface area contributed by atoms with Crippen molar-refractivity contribution in [1.82, 2.24) is 0 Å². The molecule has 0 saturated heterocycles. The summed E-state index contributed by atoms with van der Waals surface area (Å²) in [5.41, 5.74) is 7.63. The summed E-state index contributed by atoms with van der Waals surface area (Å²) in [6.07, 6.45) is 0. The number of hydrogen-bond acceptors (Lipinski definition) is 2. The number of hydrogen-bond donors (Lipinski definition) is 0. The number of nitrogens with zero attached hydrogens (tertiary/aromatic N) is 2. The maximum atomic E-state index is 5.17. The Balaban J connectivity index is 1.90. The molecule has 0 unspecified atom stereocenters. The van der Waals surface area contributed by atoms with E-state index in [0.29, 0.717) is 0 Å². The standard InChI is InChI=1S/C27H24N2/c1-21-13-17-25(18-14-21)29(26-19-15-22(2)16-20-26)28-27(23-9-5-3-6-10-23)24-11-7-4-8-12-24/h3-20H,1-2H3. The molecule has 2 heteroatoms. The lowest BCUT2D eigenvalue weighted by Gasteiger charge is -2.22. The van der Waals surface area contributed by atoms with E-state index in [1.54, 1.807) is 0 Å². The molecule has 142 valence electrons. The SMILES string of the molecule is Cc1ccc(N(N=C(c2ccccc2)c2ccccc2)c2ccc(C)cc2)cc1. The van der Waals surface area contributed by atoms with Gasteiger partial charge in [-0.2, -0.15) is 5.10 Å². The molecule has 0 aliphatic carbocycles. The number of anilines is 2. The molecule has 0 heterocycles. The Hall–Kier alpha value is -3.65. The number of aryl methyl sites for hydroxylation is 2. The maximum Gasteiger partial charge on any atom is 0.0984 e. The van der Waals surface area contributed by atoms with Crippen LogP contribution in [0.2, 0.25) is 0 Å². The van der Waals surface area contributed by atoms with Crippen LogP contribution in [0.25, 0.3) is 0 Å². The first-order chi connectivity index (χ1) is 14.2. The monoisotopic (exact) mass is 376 g/mol. The van der Waals surface area contributed by atoms with Gasteiger partial charge in [-0.25, -0.2) is 5.01 Å². The lowest BCUT2D eigenvalue weighted by Crippen LogP contribution is -2.15. The summed E-state index contributed by atoms with van der Waals surface area (Å²) in [5.74, 6) is 0. The topological polar surface area (TPSA) is 15.6 Å². The van der Waals surface area contributed by atoms with Gasteiger partial charge in [0.25, 0.3) is 0 Å². The third kappa shape index (κ3) is 4.44. The van der Waals surface area contributed by atoms with Crippen LogP contribution >= 0.6 is 0 Å². The van der Waals surface area contributed by atoms with Gasteiger partial charge in [0, 0.05) is 11.1 Å². The van der Waals surface area contributed by atoms with Crippen molar-refractivity contribution in [2.24, 2.45) is 5.10 Å². The van der Waals surface area contributed by atoms with Gasteiger partial charge in [-0.15, -0.1) is 0 Å². The van der Waals surface area contributed by atoms with E-state index in [-0.39, 0.29) is 0 Å². The molecule has 2 nitrogen and oxygen atoms in total. The molecule has 0 bridgehead atoms. The van der Waals surface area contributed by atoms with Gasteiger partial charge in [0.1, 0.15) is 0 Å². The summed E-state index contributed by atoms with van der Waals surface area (Å²) in [5, 5.41) is 7.19. The lowest BCUT2D eigenvalue weighted by atomic mass is 10.0. The van der Waals surface area contributed by atoms with E-state index in [0.717, 1.165) is 28.2 Å². The van der Waals surface area contributed by atoms with Crippen molar-refractivity contribution in [1.29, 1.82) is 0 Å². The number of benzene rings is 4. The van der Waals surface area contributed by atoms with Crippen molar-refractivity contribution < 1.29 is 0 Å². The highest BCUT2D eigenvalue weighted by atomic mass is 15.5. The third-order valence-corrected chi connectivity index (χ3v) is 4.85. The zero-order chi connectivity index (χ0) is 20.1. The van der Waals surface area contributed by atoms with Crippen LogP contribution < -0.4 is 5.01 Å². The first kappa shape index (κ1) is 18.7. The molecule has 4 aromatic rings. The lowest BCUT2D eigenvalue weighted by molar-refractivity contribution is 1.08. The van der Waals surface area contributed by atoms with E-state index < -0.39 is 0 Å². The molecule has 0 saturated carbocycles. The van der Waals surface area contributed by atoms with Crippen LogP contribution in [0, 0.1) is 13.8 Å². The second kappa shape index (κ2) is 8.57. The van der Waals surface area contributed by atoms with Crippen molar-refractivity contribution >= 4 is 17.1 Å². The molecule has 0 aliphatic heterocycles. The largest absolute Gasteiger partial charge is 0.233 e. The van der Waals surface area contributed by atoms with Crippen LogP contribution in [0.5, 0.6) is 0 Å². The van der Waals surface area contributed by atoms with Crippen molar-refractivity contribution in [3.05, 3.63) is 131 Å². The van der Waals surface area contributed by atoms with Crippen molar-refractivity contribution in [2.45, 2.75) is 13.8 Å². The minimum absolute atomic E-state index is 0.937. The minimum Gasteiger partial charge on any atom is -0.233 e. The Morgan fingerprint density at radius 2 is 0.897 bits per heavy atom. The Bertz CT molecular complexity index is 994. The number of hydrazone groups is 1. The molecule has 0 atom stereocenters. The van der Waals surface area contributed by atoms with E-state index in [2.05, 4.69) is 111 Å². The Labute approximate surface area is 172 Å². The van der Waals surface area contributed by atoms with Gasteiger partial charge in [-0.05, 0) is 38.1 Å². The molecular weight excluding hydrogens is 352 g/mol. The predicted octanol–water partition coefficient (Wildman–Crippen LogP) is 6.89. The highest BCUT2D eigenvalue weighted by molar-refractivity contribution is 6.13. The van der Waals surface area contributed by atoms with Crippen LogP contribution in [0.3, 0.4) is 0 Å². The van der Waals surface area contributed by atoms with Crippen molar-refractivity contribution in [2.75, 3.05) is 5.01 Å². The molecule has 0 radical (unpaired) electrons. The van der Waals surface area contributed by atoms with Crippen molar-refractivity contribution in [3.8, 4) is 0 Å². The van der Waals surface area contributed by atoms with Crippen molar-refractivity contribution in [3.63, 3.8) is 0 Å². The van der Waals surface area contributed by atoms with Gasteiger partial charge in [-0.1, -0.05) is 96.1 Å². The molecule has 29 heavy (non-hydrogen) atoms. The van der Waals surface area contributed by atoms with E-state index in [1.165, 1.54) is 11.1 Å². The zero-order valence-electron chi connectivity index (χ0n) is 16.8. The Morgan fingerprint density at radius 1 is 0.517 bits per heavy atom. The van der Waals surface area contributed by atoms with E-state index in [9.17, 15) is 0 Å². The van der Waals surface area contributed by atoms with Gasteiger partial charge < -0.3 is 0 Å². The summed E-state index contributed by atoms with van der Waals surface area (Å²) in [6, 6.07) is 37.6. The summed E-state index contributed by atoms with van der Waals surface area (Å²) in [4.78, 5) is 0. The smallest absolute Gasteiger partial charge is 0.0984 e. The van der Waals surface area contributed by atoms with Gasteiger partial charge >= 0.3 is 0 Å². The van der Waals surface area contributed by atoms with Crippen LogP contribution in [0.4, 0.5) is 11.4 Å². The molecule has 0 aliphatic rings. The Kier molecular flexibility index (Phi) is 5.53. The fourth-order valence-electron chi connectivity index (χ4n) is 3.21.